The highest BCUT2D eigenvalue weighted by Crippen LogP contribution is 2.24. The van der Waals surface area contributed by atoms with Gasteiger partial charge in [0.05, 0.1) is 43.6 Å². The number of imidazole rings is 1. The molecule has 1 amide bonds. The number of nitrogens with zero attached hydrogens (tertiary/aromatic N) is 5. The van der Waals surface area contributed by atoms with Gasteiger partial charge in [-0.05, 0) is 13.1 Å². The molecule has 1 atom stereocenters. The molecule has 2 aliphatic rings. The minimum atomic E-state index is -0.685. The first kappa shape index (κ1) is 15.8. The van der Waals surface area contributed by atoms with Crippen molar-refractivity contribution in [3.05, 3.63) is 35.2 Å². The Balaban J connectivity index is 1.64. The van der Waals surface area contributed by atoms with Gasteiger partial charge in [0.25, 0.3) is 5.91 Å². The van der Waals surface area contributed by atoms with Gasteiger partial charge in [-0.25, -0.2) is 9.78 Å². The smallest absolute Gasteiger partial charge is 0.329 e. The molecule has 0 radical (unpaired) electrons. The maximum atomic E-state index is 13.1. The molecule has 4 rings (SSSR count). The number of rotatable bonds is 2. The molecule has 4 heterocycles. The summed E-state index contributed by atoms with van der Waals surface area (Å²) in [7, 11) is 3.37. The standard InChI is InChI=1S/C16H20N6O3/c1-20-3-4-22-10(7-20)5-12(19-22)15(23)21-8-13-11(17-9-18-13)6-14(21)16(24)25-2/h5,9,14H,3-4,6-8H2,1-2H3,(H,17,18)/t14-/m0/s1. The van der Waals surface area contributed by atoms with E-state index in [1.54, 1.807) is 6.33 Å². The van der Waals surface area contributed by atoms with Crippen molar-refractivity contribution in [2.45, 2.75) is 32.1 Å². The van der Waals surface area contributed by atoms with E-state index < -0.39 is 12.0 Å². The van der Waals surface area contributed by atoms with Gasteiger partial charge in [-0.1, -0.05) is 0 Å². The number of nitrogens with one attached hydrogen (secondary N) is 1. The van der Waals surface area contributed by atoms with Gasteiger partial charge in [0.15, 0.2) is 5.69 Å². The number of carbonyl (C=O) groups excluding carboxylic acids is 2. The molecule has 0 aromatic carbocycles. The molecule has 132 valence electrons. The van der Waals surface area contributed by atoms with Gasteiger partial charge < -0.3 is 14.6 Å². The summed E-state index contributed by atoms with van der Waals surface area (Å²) in [4.78, 5) is 36.2. The number of hydrogen-bond donors (Lipinski definition) is 1. The Morgan fingerprint density at radius 1 is 1.32 bits per heavy atom. The molecule has 9 nitrogen and oxygen atoms in total. The van der Waals surface area contributed by atoms with Crippen molar-refractivity contribution in [1.82, 2.24) is 29.5 Å². The molecule has 9 heteroatoms. The predicted molar refractivity (Wildman–Crippen MR) is 86.5 cm³/mol. The van der Waals surface area contributed by atoms with E-state index in [1.165, 1.54) is 12.0 Å². The van der Waals surface area contributed by atoms with E-state index in [2.05, 4.69) is 20.0 Å². The molecular weight excluding hydrogens is 324 g/mol. The van der Waals surface area contributed by atoms with Gasteiger partial charge >= 0.3 is 5.97 Å². The third-order valence-electron chi connectivity index (χ3n) is 4.84. The van der Waals surface area contributed by atoms with E-state index in [0.717, 1.165) is 36.7 Å². The summed E-state index contributed by atoms with van der Waals surface area (Å²) in [6.45, 7) is 2.69. The molecule has 0 saturated carbocycles. The van der Waals surface area contributed by atoms with E-state index >= 15 is 0 Å². The second-order valence-corrected chi connectivity index (χ2v) is 6.49. The van der Waals surface area contributed by atoms with Gasteiger partial charge in [-0.15, -0.1) is 0 Å². The molecule has 2 aromatic heterocycles. The van der Waals surface area contributed by atoms with Crippen LogP contribution in [0, 0.1) is 0 Å². The summed E-state index contributed by atoms with van der Waals surface area (Å²) in [5.41, 5.74) is 3.01. The fraction of sp³-hybridized carbons (Fsp3) is 0.500. The maximum absolute atomic E-state index is 13.1. The van der Waals surface area contributed by atoms with Crippen molar-refractivity contribution in [2.75, 3.05) is 20.7 Å². The summed E-state index contributed by atoms with van der Waals surface area (Å²) in [6, 6.07) is 1.13. The van der Waals surface area contributed by atoms with Crippen molar-refractivity contribution in [1.29, 1.82) is 0 Å². The van der Waals surface area contributed by atoms with Crippen LogP contribution in [-0.2, 0) is 35.6 Å². The number of ether oxygens (including phenoxy) is 1. The first-order valence-corrected chi connectivity index (χ1v) is 8.22. The second kappa shape index (κ2) is 5.99. The minimum absolute atomic E-state index is 0.264. The van der Waals surface area contributed by atoms with E-state index in [-0.39, 0.29) is 12.5 Å². The van der Waals surface area contributed by atoms with Crippen molar-refractivity contribution < 1.29 is 14.3 Å². The Morgan fingerprint density at radius 3 is 2.96 bits per heavy atom. The number of aromatic nitrogens is 4. The van der Waals surface area contributed by atoms with Crippen LogP contribution in [0.1, 0.15) is 27.6 Å². The molecule has 25 heavy (non-hydrogen) atoms. The zero-order valence-electron chi connectivity index (χ0n) is 14.2. The average molecular weight is 344 g/mol. The Morgan fingerprint density at radius 2 is 2.16 bits per heavy atom. The predicted octanol–water partition coefficient (Wildman–Crippen LogP) is -0.208. The Bertz CT molecular complexity index is 826. The number of esters is 1. The van der Waals surface area contributed by atoms with E-state index in [4.69, 9.17) is 4.74 Å². The lowest BCUT2D eigenvalue weighted by Crippen LogP contribution is -2.49. The molecule has 0 spiro atoms. The van der Waals surface area contributed by atoms with Crippen LogP contribution in [0.15, 0.2) is 12.4 Å². The van der Waals surface area contributed by atoms with Gasteiger partial charge in [0.2, 0.25) is 0 Å². The molecular formula is C16H20N6O3. The van der Waals surface area contributed by atoms with Crippen LogP contribution in [0.4, 0.5) is 0 Å². The molecule has 0 saturated heterocycles. The van der Waals surface area contributed by atoms with Crippen LogP contribution < -0.4 is 0 Å². The van der Waals surface area contributed by atoms with Crippen LogP contribution in [0.25, 0.3) is 0 Å². The third-order valence-corrected chi connectivity index (χ3v) is 4.84. The zero-order valence-corrected chi connectivity index (χ0v) is 14.2. The minimum Gasteiger partial charge on any atom is -0.467 e. The highest BCUT2D eigenvalue weighted by atomic mass is 16.5. The fourth-order valence-corrected chi connectivity index (χ4v) is 3.44. The summed E-state index contributed by atoms with van der Waals surface area (Å²) >= 11 is 0. The number of fused-ring (bicyclic) bond motifs is 2. The van der Waals surface area contributed by atoms with Crippen molar-refractivity contribution in [2.24, 2.45) is 0 Å². The van der Waals surface area contributed by atoms with Crippen LogP contribution in [0.3, 0.4) is 0 Å². The van der Waals surface area contributed by atoms with Gasteiger partial charge in [0, 0.05) is 19.5 Å². The molecule has 0 aliphatic carbocycles. The van der Waals surface area contributed by atoms with Crippen molar-refractivity contribution in [3.63, 3.8) is 0 Å². The van der Waals surface area contributed by atoms with Gasteiger partial charge in [0.1, 0.15) is 6.04 Å². The van der Waals surface area contributed by atoms with Crippen LogP contribution in [-0.4, -0.2) is 68.2 Å². The number of hydrogen-bond acceptors (Lipinski definition) is 6. The topological polar surface area (TPSA) is 96.3 Å². The number of H-pyrrole nitrogens is 1. The number of likely N-dealkylation sites (N-methyl/N-ethyl adjacent to an activating group) is 1. The fourth-order valence-electron chi connectivity index (χ4n) is 3.44. The molecule has 2 aromatic rings. The number of methoxy groups -OCH3 is 1. The average Bonchev–Trinajstić information content (AvgIpc) is 3.24. The van der Waals surface area contributed by atoms with Crippen molar-refractivity contribution in [3.8, 4) is 0 Å². The summed E-state index contributed by atoms with van der Waals surface area (Å²) < 4.78 is 6.76. The Hall–Kier alpha value is -2.68. The number of amides is 1. The first-order valence-electron chi connectivity index (χ1n) is 8.22. The lowest BCUT2D eigenvalue weighted by Gasteiger charge is -2.32. The normalized spacial score (nSPS) is 20.1. The van der Waals surface area contributed by atoms with Crippen LogP contribution in [0.5, 0.6) is 0 Å². The summed E-state index contributed by atoms with van der Waals surface area (Å²) in [5.74, 6) is -0.703. The summed E-state index contributed by atoms with van der Waals surface area (Å²) in [6.07, 6.45) is 1.92. The third kappa shape index (κ3) is 2.70. The van der Waals surface area contributed by atoms with Crippen molar-refractivity contribution >= 4 is 11.9 Å². The van der Waals surface area contributed by atoms with E-state index in [9.17, 15) is 9.59 Å². The van der Waals surface area contributed by atoms with E-state index in [1.807, 2.05) is 17.8 Å². The monoisotopic (exact) mass is 344 g/mol. The quantitative estimate of drug-likeness (QED) is 0.758. The van der Waals surface area contributed by atoms with Gasteiger partial charge in [-0.2, -0.15) is 5.10 Å². The lowest BCUT2D eigenvalue weighted by molar-refractivity contribution is -0.146. The van der Waals surface area contributed by atoms with Crippen LogP contribution in [0.2, 0.25) is 0 Å². The second-order valence-electron chi connectivity index (χ2n) is 6.49. The Labute approximate surface area is 144 Å². The summed E-state index contributed by atoms with van der Waals surface area (Å²) in [5, 5.41) is 4.44. The number of aromatic amines is 1. The number of carbonyl (C=O) groups is 2. The molecule has 0 bridgehead atoms. The maximum Gasteiger partial charge on any atom is 0.329 e. The SMILES string of the molecule is COC(=O)[C@@H]1Cc2nc[nH]c2CN1C(=O)c1cc2n(n1)CCN(C)C2. The highest BCUT2D eigenvalue weighted by Gasteiger charge is 2.38. The van der Waals surface area contributed by atoms with E-state index in [0.29, 0.717) is 12.1 Å². The molecule has 0 fully saturated rings. The molecule has 2 aliphatic heterocycles. The molecule has 0 unspecified atom stereocenters. The lowest BCUT2D eigenvalue weighted by atomic mass is 10.0. The largest absolute Gasteiger partial charge is 0.467 e. The zero-order chi connectivity index (χ0) is 17.6. The van der Waals surface area contributed by atoms with Gasteiger partial charge in [-0.3, -0.25) is 14.4 Å². The molecule has 1 N–H and O–H groups in total. The Kier molecular flexibility index (Phi) is 3.79. The first-order chi connectivity index (χ1) is 12.1. The van der Waals surface area contributed by atoms with Crippen LogP contribution >= 0.6 is 0 Å². The highest BCUT2D eigenvalue weighted by molar-refractivity contribution is 5.95.